The van der Waals surface area contributed by atoms with Gasteiger partial charge in [-0.15, -0.1) is 11.3 Å². The standard InChI is InChI=1S/C6H10NO4PS/c1-4-5(13-3-7-4)2-6(8)12(9,10)11/h3,6,8H,2H2,1H3,(H2,9,10,11). The highest BCUT2D eigenvalue weighted by Crippen LogP contribution is 2.41. The van der Waals surface area contributed by atoms with E-state index in [9.17, 15) is 4.57 Å². The SMILES string of the molecule is Cc1ncsc1CC(O)P(=O)(O)O. The molecule has 0 bridgehead atoms. The lowest BCUT2D eigenvalue weighted by Crippen LogP contribution is -2.10. The third-order valence-electron chi connectivity index (χ3n) is 1.60. The van der Waals surface area contributed by atoms with Crippen LogP contribution in [0.15, 0.2) is 5.51 Å². The summed E-state index contributed by atoms with van der Waals surface area (Å²) in [6.07, 6.45) is -0.0409. The molecule has 74 valence electrons. The number of aliphatic hydroxyl groups is 1. The second kappa shape index (κ2) is 3.86. The monoisotopic (exact) mass is 223 g/mol. The van der Waals surface area contributed by atoms with Gasteiger partial charge < -0.3 is 14.9 Å². The average Bonchev–Trinajstić information content (AvgIpc) is 2.34. The van der Waals surface area contributed by atoms with Gasteiger partial charge in [0.05, 0.1) is 11.2 Å². The molecule has 3 N–H and O–H groups in total. The molecule has 0 aliphatic rings. The largest absolute Gasteiger partial charge is 0.380 e. The van der Waals surface area contributed by atoms with Gasteiger partial charge in [-0.05, 0) is 6.92 Å². The third kappa shape index (κ3) is 2.86. The van der Waals surface area contributed by atoms with E-state index in [4.69, 9.17) is 14.9 Å². The lowest BCUT2D eigenvalue weighted by molar-refractivity contribution is 0.203. The second-order valence-electron chi connectivity index (χ2n) is 2.63. The number of aromatic nitrogens is 1. The van der Waals surface area contributed by atoms with Crippen LogP contribution in [0.2, 0.25) is 0 Å². The molecule has 0 amide bonds. The van der Waals surface area contributed by atoms with Crippen LogP contribution in [0, 0.1) is 6.92 Å². The normalized spacial score (nSPS) is 14.5. The summed E-state index contributed by atoms with van der Waals surface area (Å²) in [6.45, 7) is 1.73. The number of nitrogens with zero attached hydrogens (tertiary/aromatic N) is 1. The van der Waals surface area contributed by atoms with Crippen molar-refractivity contribution in [3.8, 4) is 0 Å². The summed E-state index contributed by atoms with van der Waals surface area (Å²) in [5, 5.41) is 9.10. The molecule has 0 aliphatic carbocycles. The summed E-state index contributed by atoms with van der Waals surface area (Å²) in [7, 11) is -4.38. The van der Waals surface area contributed by atoms with Crippen molar-refractivity contribution >= 4 is 18.9 Å². The summed E-state index contributed by atoms with van der Waals surface area (Å²) < 4.78 is 10.6. The highest BCUT2D eigenvalue weighted by molar-refractivity contribution is 7.52. The van der Waals surface area contributed by atoms with Gasteiger partial charge in [0, 0.05) is 11.3 Å². The molecule has 1 rings (SSSR count). The van der Waals surface area contributed by atoms with Gasteiger partial charge in [-0.1, -0.05) is 0 Å². The van der Waals surface area contributed by atoms with Crippen molar-refractivity contribution in [2.24, 2.45) is 0 Å². The Morgan fingerprint density at radius 2 is 2.31 bits per heavy atom. The fourth-order valence-corrected chi connectivity index (χ4v) is 2.17. The fraction of sp³-hybridized carbons (Fsp3) is 0.500. The van der Waals surface area contributed by atoms with Crippen molar-refractivity contribution in [2.45, 2.75) is 19.2 Å². The van der Waals surface area contributed by atoms with E-state index in [0.29, 0.717) is 10.6 Å². The molecule has 1 aromatic heterocycles. The molecule has 0 saturated carbocycles. The maximum Gasteiger partial charge on any atom is 0.354 e. The van der Waals surface area contributed by atoms with Crippen LogP contribution in [-0.2, 0) is 11.0 Å². The number of aliphatic hydroxyl groups excluding tert-OH is 1. The van der Waals surface area contributed by atoms with Crippen LogP contribution in [0.4, 0.5) is 0 Å². The predicted molar refractivity (Wildman–Crippen MR) is 48.6 cm³/mol. The number of hydrogen-bond donors (Lipinski definition) is 3. The number of hydrogen-bond acceptors (Lipinski definition) is 4. The molecule has 0 saturated heterocycles. The van der Waals surface area contributed by atoms with Crippen molar-refractivity contribution in [2.75, 3.05) is 0 Å². The molecule has 1 heterocycles. The molecule has 0 radical (unpaired) electrons. The van der Waals surface area contributed by atoms with E-state index in [1.807, 2.05) is 0 Å². The van der Waals surface area contributed by atoms with Crippen LogP contribution < -0.4 is 0 Å². The molecule has 0 fully saturated rings. The number of thiazole rings is 1. The summed E-state index contributed by atoms with van der Waals surface area (Å²) in [5.74, 6) is -1.62. The fourth-order valence-electron chi connectivity index (χ4n) is 0.807. The average molecular weight is 223 g/mol. The van der Waals surface area contributed by atoms with Crippen molar-refractivity contribution in [3.05, 3.63) is 16.1 Å². The lowest BCUT2D eigenvalue weighted by Gasteiger charge is -2.10. The van der Waals surface area contributed by atoms with Gasteiger partial charge in [0.25, 0.3) is 0 Å². The Morgan fingerprint density at radius 3 is 2.69 bits per heavy atom. The Kier molecular flexibility index (Phi) is 3.21. The van der Waals surface area contributed by atoms with Crippen LogP contribution in [0.1, 0.15) is 10.6 Å². The van der Waals surface area contributed by atoms with Gasteiger partial charge in [0.15, 0.2) is 5.85 Å². The first-order valence-corrected chi connectivity index (χ1v) is 6.09. The van der Waals surface area contributed by atoms with E-state index in [0.717, 1.165) is 0 Å². The molecule has 0 aromatic carbocycles. The molecular weight excluding hydrogens is 213 g/mol. The van der Waals surface area contributed by atoms with E-state index in [2.05, 4.69) is 4.98 Å². The zero-order valence-electron chi connectivity index (χ0n) is 6.91. The van der Waals surface area contributed by atoms with Crippen LogP contribution in [0.5, 0.6) is 0 Å². The van der Waals surface area contributed by atoms with Crippen molar-refractivity contribution in [1.82, 2.24) is 4.98 Å². The third-order valence-corrected chi connectivity index (χ3v) is 3.52. The van der Waals surface area contributed by atoms with Crippen LogP contribution in [0.25, 0.3) is 0 Å². The molecule has 0 aliphatic heterocycles. The minimum Gasteiger partial charge on any atom is -0.380 e. The first-order chi connectivity index (χ1) is 5.91. The van der Waals surface area contributed by atoms with Crippen LogP contribution in [0.3, 0.4) is 0 Å². The molecular formula is C6H10NO4PS. The summed E-state index contributed by atoms with van der Waals surface area (Å²) in [6, 6.07) is 0. The van der Waals surface area contributed by atoms with E-state index in [1.54, 1.807) is 12.4 Å². The zero-order chi connectivity index (χ0) is 10.1. The van der Waals surface area contributed by atoms with Gasteiger partial charge in [-0.25, -0.2) is 4.98 Å². The van der Waals surface area contributed by atoms with Gasteiger partial charge in [0.1, 0.15) is 0 Å². The summed E-state index contributed by atoms with van der Waals surface area (Å²) in [4.78, 5) is 21.9. The van der Waals surface area contributed by atoms with Crippen molar-refractivity contribution < 1.29 is 19.5 Å². The zero-order valence-corrected chi connectivity index (χ0v) is 8.63. The number of rotatable bonds is 3. The Hall–Kier alpha value is -0.260. The highest BCUT2D eigenvalue weighted by atomic mass is 32.1. The molecule has 1 unspecified atom stereocenters. The van der Waals surface area contributed by atoms with E-state index in [1.165, 1.54) is 11.3 Å². The maximum atomic E-state index is 10.6. The predicted octanol–water partition coefficient (Wildman–Crippen LogP) is 0.490. The van der Waals surface area contributed by atoms with Crippen LogP contribution >= 0.6 is 18.9 Å². The van der Waals surface area contributed by atoms with Crippen LogP contribution in [-0.4, -0.2) is 25.7 Å². The van der Waals surface area contributed by atoms with E-state index < -0.39 is 13.4 Å². The highest BCUT2D eigenvalue weighted by Gasteiger charge is 2.27. The molecule has 1 atom stereocenters. The Labute approximate surface area is 79.2 Å². The number of aryl methyl sites for hydroxylation is 1. The van der Waals surface area contributed by atoms with Gasteiger partial charge in [0.2, 0.25) is 0 Å². The lowest BCUT2D eigenvalue weighted by atomic mass is 10.3. The van der Waals surface area contributed by atoms with Crippen molar-refractivity contribution in [1.29, 1.82) is 0 Å². The van der Waals surface area contributed by atoms with Crippen molar-refractivity contribution in [3.63, 3.8) is 0 Å². The molecule has 7 heteroatoms. The molecule has 5 nitrogen and oxygen atoms in total. The quantitative estimate of drug-likeness (QED) is 0.649. The van der Waals surface area contributed by atoms with E-state index >= 15 is 0 Å². The Balaban J connectivity index is 2.71. The minimum absolute atomic E-state index is 0.0409. The molecule has 13 heavy (non-hydrogen) atoms. The second-order valence-corrected chi connectivity index (χ2v) is 5.35. The maximum absolute atomic E-state index is 10.6. The topological polar surface area (TPSA) is 90.7 Å². The first kappa shape index (κ1) is 10.8. The van der Waals surface area contributed by atoms with E-state index in [-0.39, 0.29) is 6.42 Å². The summed E-state index contributed by atoms with van der Waals surface area (Å²) in [5.41, 5.74) is 2.29. The van der Waals surface area contributed by atoms with Gasteiger partial charge >= 0.3 is 7.60 Å². The molecule has 0 spiro atoms. The Bertz CT molecular complexity index is 333. The minimum atomic E-state index is -4.38. The summed E-state index contributed by atoms with van der Waals surface area (Å²) >= 11 is 1.28. The molecule has 1 aromatic rings. The van der Waals surface area contributed by atoms with Gasteiger partial charge in [-0.2, -0.15) is 0 Å². The Morgan fingerprint density at radius 1 is 1.69 bits per heavy atom. The van der Waals surface area contributed by atoms with Gasteiger partial charge in [-0.3, -0.25) is 4.57 Å². The smallest absolute Gasteiger partial charge is 0.354 e. The first-order valence-electron chi connectivity index (χ1n) is 3.53.